The number of nitrogens with one attached hydrogen (secondary N) is 1. The molecule has 212 valence electrons. The SMILES string of the molecule is CCCOc1cc(F)c(CO)c(F)c1.CCCOc1cc(F)c(COC(=O)N2CCNCC2CC)c(F)c1. The smallest absolute Gasteiger partial charge is 0.410 e. The first kappa shape index (κ1) is 31.2. The Hall–Kier alpha value is -3.05. The van der Waals surface area contributed by atoms with Gasteiger partial charge in [-0.1, -0.05) is 20.8 Å². The monoisotopic (exact) mass is 544 g/mol. The van der Waals surface area contributed by atoms with Crippen LogP contribution in [0.2, 0.25) is 0 Å². The molecule has 38 heavy (non-hydrogen) atoms. The summed E-state index contributed by atoms with van der Waals surface area (Å²) >= 11 is 0. The van der Waals surface area contributed by atoms with E-state index in [1.165, 1.54) is 0 Å². The molecule has 11 heteroatoms. The number of hydrogen-bond acceptors (Lipinski definition) is 6. The van der Waals surface area contributed by atoms with E-state index in [9.17, 15) is 22.4 Å². The minimum Gasteiger partial charge on any atom is -0.493 e. The third kappa shape index (κ3) is 9.05. The molecule has 1 unspecified atom stereocenters. The van der Waals surface area contributed by atoms with Gasteiger partial charge in [0.25, 0.3) is 0 Å². The zero-order chi connectivity index (χ0) is 28.1. The van der Waals surface area contributed by atoms with E-state index in [0.717, 1.165) is 43.5 Å². The maximum absolute atomic E-state index is 14.0. The molecule has 0 bridgehead atoms. The molecule has 2 N–H and O–H groups in total. The van der Waals surface area contributed by atoms with E-state index in [4.69, 9.17) is 19.3 Å². The van der Waals surface area contributed by atoms with Crippen molar-refractivity contribution in [1.82, 2.24) is 10.2 Å². The Labute approximate surface area is 220 Å². The Balaban J connectivity index is 0.000000308. The fraction of sp³-hybridized carbons (Fsp3) is 0.519. The van der Waals surface area contributed by atoms with Gasteiger partial charge in [0.1, 0.15) is 41.4 Å². The van der Waals surface area contributed by atoms with Crippen molar-refractivity contribution in [1.29, 1.82) is 0 Å². The molecule has 0 radical (unpaired) electrons. The maximum Gasteiger partial charge on any atom is 0.410 e. The summed E-state index contributed by atoms with van der Waals surface area (Å²) < 4.78 is 69.6. The lowest BCUT2D eigenvalue weighted by Crippen LogP contribution is -2.53. The first-order valence-electron chi connectivity index (χ1n) is 12.7. The van der Waals surface area contributed by atoms with Crippen molar-refractivity contribution >= 4 is 6.09 Å². The molecule has 1 aliphatic rings. The first-order valence-corrected chi connectivity index (χ1v) is 12.7. The Morgan fingerprint density at radius 3 is 1.87 bits per heavy atom. The highest BCUT2D eigenvalue weighted by Gasteiger charge is 2.27. The third-order valence-electron chi connectivity index (χ3n) is 5.73. The number of aliphatic hydroxyl groups is 1. The van der Waals surface area contributed by atoms with Crippen molar-refractivity contribution in [2.24, 2.45) is 0 Å². The minimum atomic E-state index is -0.779. The van der Waals surface area contributed by atoms with Crippen LogP contribution in [-0.4, -0.2) is 55.0 Å². The third-order valence-corrected chi connectivity index (χ3v) is 5.73. The van der Waals surface area contributed by atoms with Crippen molar-refractivity contribution < 1.29 is 41.7 Å². The van der Waals surface area contributed by atoms with Gasteiger partial charge in [-0.2, -0.15) is 0 Å². The number of piperazine rings is 1. The number of carbonyl (C=O) groups excluding carboxylic acids is 1. The number of amides is 1. The Morgan fingerprint density at radius 2 is 1.42 bits per heavy atom. The molecular formula is C27H36F4N2O5. The van der Waals surface area contributed by atoms with Crippen molar-refractivity contribution in [2.45, 2.75) is 59.3 Å². The lowest BCUT2D eigenvalue weighted by molar-refractivity contribution is 0.0699. The summed E-state index contributed by atoms with van der Waals surface area (Å²) in [5, 5.41) is 11.8. The first-order chi connectivity index (χ1) is 18.2. The van der Waals surface area contributed by atoms with Gasteiger partial charge < -0.3 is 29.5 Å². The zero-order valence-electron chi connectivity index (χ0n) is 22.0. The summed E-state index contributed by atoms with van der Waals surface area (Å²) in [6.45, 7) is 7.38. The predicted octanol–water partition coefficient (Wildman–Crippen LogP) is 5.32. The van der Waals surface area contributed by atoms with Gasteiger partial charge in [-0.25, -0.2) is 22.4 Å². The van der Waals surface area contributed by atoms with Crippen LogP contribution >= 0.6 is 0 Å². The van der Waals surface area contributed by atoms with Crippen molar-refractivity contribution in [3.05, 3.63) is 58.7 Å². The number of ether oxygens (including phenoxy) is 3. The summed E-state index contributed by atoms with van der Waals surface area (Å²) in [5.74, 6) is -2.83. The zero-order valence-corrected chi connectivity index (χ0v) is 22.0. The lowest BCUT2D eigenvalue weighted by Gasteiger charge is -2.34. The molecular weight excluding hydrogens is 508 g/mol. The van der Waals surface area contributed by atoms with Crippen LogP contribution in [0.15, 0.2) is 24.3 Å². The van der Waals surface area contributed by atoms with Gasteiger partial charge in [-0.3, -0.25) is 0 Å². The lowest BCUT2D eigenvalue weighted by atomic mass is 10.1. The van der Waals surface area contributed by atoms with Crippen LogP contribution in [0.1, 0.15) is 51.2 Å². The summed E-state index contributed by atoms with van der Waals surface area (Å²) in [6.07, 6.45) is 1.75. The van der Waals surface area contributed by atoms with Gasteiger partial charge in [0.2, 0.25) is 0 Å². The summed E-state index contributed by atoms with van der Waals surface area (Å²) in [4.78, 5) is 13.8. The van der Waals surface area contributed by atoms with Gasteiger partial charge in [0.05, 0.1) is 25.4 Å². The number of aliphatic hydroxyl groups excluding tert-OH is 1. The molecule has 3 rings (SSSR count). The Bertz CT molecular complexity index is 995. The van der Waals surface area contributed by atoms with E-state index >= 15 is 0 Å². The van der Waals surface area contributed by atoms with Crippen LogP contribution in [0.3, 0.4) is 0 Å². The summed E-state index contributed by atoms with van der Waals surface area (Å²) in [7, 11) is 0. The number of hydrogen-bond donors (Lipinski definition) is 2. The molecule has 2 aromatic carbocycles. The number of rotatable bonds is 10. The largest absolute Gasteiger partial charge is 0.493 e. The van der Waals surface area contributed by atoms with Crippen LogP contribution in [0.25, 0.3) is 0 Å². The molecule has 2 aromatic rings. The number of halogens is 4. The molecule has 0 aromatic heterocycles. The predicted molar refractivity (Wildman–Crippen MR) is 134 cm³/mol. The van der Waals surface area contributed by atoms with E-state index in [0.29, 0.717) is 32.8 Å². The molecule has 0 saturated carbocycles. The maximum atomic E-state index is 14.0. The van der Waals surface area contributed by atoms with Crippen molar-refractivity contribution in [3.63, 3.8) is 0 Å². The topological polar surface area (TPSA) is 80.3 Å². The Morgan fingerprint density at radius 1 is 0.921 bits per heavy atom. The highest BCUT2D eigenvalue weighted by atomic mass is 19.1. The Kier molecular flexibility index (Phi) is 13.1. The van der Waals surface area contributed by atoms with E-state index in [1.54, 1.807) is 4.90 Å². The van der Waals surface area contributed by atoms with Crippen LogP contribution in [-0.2, 0) is 18.0 Å². The fourth-order valence-corrected chi connectivity index (χ4v) is 3.64. The second-order valence-corrected chi connectivity index (χ2v) is 8.60. The fourth-order valence-electron chi connectivity index (χ4n) is 3.64. The minimum absolute atomic E-state index is 0.0331. The van der Waals surface area contributed by atoms with E-state index in [1.807, 2.05) is 20.8 Å². The van der Waals surface area contributed by atoms with Gasteiger partial charge in [0, 0.05) is 55.5 Å². The summed E-state index contributed by atoms with van der Waals surface area (Å²) in [6, 6.07) is 4.41. The molecule has 7 nitrogen and oxygen atoms in total. The molecule has 0 spiro atoms. The number of benzene rings is 2. The summed E-state index contributed by atoms with van der Waals surface area (Å²) in [5.41, 5.74) is -0.593. The average molecular weight is 545 g/mol. The van der Waals surface area contributed by atoms with Crippen LogP contribution in [0.5, 0.6) is 11.5 Å². The highest BCUT2D eigenvalue weighted by molar-refractivity contribution is 5.68. The van der Waals surface area contributed by atoms with E-state index in [-0.39, 0.29) is 28.7 Å². The standard InChI is InChI=1S/C17H24F2N2O3.C10H12F2O2/c1-3-7-23-13-8-15(18)14(16(19)9-13)11-24-17(22)21-6-5-20-10-12(21)4-2;1-2-3-14-7-4-9(11)8(6-13)10(12)5-7/h8-9,12,20H,3-7,10-11H2,1-2H3;4-5,13H,2-3,6H2,1H3. The molecule has 1 amide bonds. The van der Waals surface area contributed by atoms with Crippen molar-refractivity contribution in [3.8, 4) is 11.5 Å². The molecule has 1 aliphatic heterocycles. The van der Waals surface area contributed by atoms with E-state index in [2.05, 4.69) is 5.32 Å². The molecule has 1 fully saturated rings. The van der Waals surface area contributed by atoms with E-state index < -0.39 is 42.6 Å². The van der Waals surface area contributed by atoms with Gasteiger partial charge in [-0.15, -0.1) is 0 Å². The second kappa shape index (κ2) is 16.0. The van der Waals surface area contributed by atoms with Gasteiger partial charge in [-0.05, 0) is 19.3 Å². The normalized spacial score (nSPS) is 14.9. The molecule has 1 atom stereocenters. The van der Waals surface area contributed by atoms with Crippen molar-refractivity contribution in [2.75, 3.05) is 32.8 Å². The quantitative estimate of drug-likeness (QED) is 0.394. The highest BCUT2D eigenvalue weighted by Crippen LogP contribution is 2.23. The van der Waals surface area contributed by atoms with Crippen LogP contribution in [0.4, 0.5) is 22.4 Å². The molecule has 0 aliphatic carbocycles. The van der Waals surface area contributed by atoms with Gasteiger partial charge >= 0.3 is 6.09 Å². The average Bonchev–Trinajstić information content (AvgIpc) is 2.90. The number of nitrogens with zero attached hydrogens (tertiary/aromatic N) is 1. The molecule has 1 saturated heterocycles. The molecule has 1 heterocycles. The number of carbonyl (C=O) groups is 1. The van der Waals surface area contributed by atoms with Crippen LogP contribution < -0.4 is 14.8 Å². The van der Waals surface area contributed by atoms with Gasteiger partial charge in [0.15, 0.2) is 0 Å². The second-order valence-electron chi connectivity index (χ2n) is 8.60. The van der Waals surface area contributed by atoms with Crippen LogP contribution in [0, 0.1) is 23.3 Å².